The molecule has 3 rings (SSSR count). The minimum absolute atomic E-state index is 0.111. The van der Waals surface area contributed by atoms with Gasteiger partial charge in [0.1, 0.15) is 5.75 Å². The van der Waals surface area contributed by atoms with E-state index >= 15 is 0 Å². The van der Waals surface area contributed by atoms with Crippen LogP contribution in [0.4, 0.5) is 11.4 Å². The van der Waals surface area contributed by atoms with Crippen LogP contribution >= 0.6 is 0 Å². The third kappa shape index (κ3) is 2.89. The number of amides is 1. The summed E-state index contributed by atoms with van der Waals surface area (Å²) in [5, 5.41) is 25.2. The molecule has 6 heteroatoms. The van der Waals surface area contributed by atoms with E-state index in [0.29, 0.717) is 11.3 Å². The summed E-state index contributed by atoms with van der Waals surface area (Å²) in [6, 6.07) is 14.7. The highest BCUT2D eigenvalue weighted by atomic mass is 16.6. The summed E-state index contributed by atoms with van der Waals surface area (Å²) in [6.45, 7) is 1.74. The first-order valence-electron chi connectivity index (χ1n) is 7.24. The fraction of sp³-hybridized carbons (Fsp3) is 0.0556. The Morgan fingerprint density at radius 2 is 1.75 bits per heavy atom. The number of rotatable bonds is 3. The maximum absolute atomic E-state index is 12.5. The van der Waals surface area contributed by atoms with Crippen LogP contribution in [0.15, 0.2) is 54.6 Å². The number of benzene rings is 3. The highest BCUT2D eigenvalue weighted by Crippen LogP contribution is 2.27. The third-order valence-electron chi connectivity index (χ3n) is 3.79. The fourth-order valence-corrected chi connectivity index (χ4v) is 2.46. The Bertz CT molecular complexity index is 966. The van der Waals surface area contributed by atoms with Crippen molar-refractivity contribution in [3.05, 3.63) is 75.8 Å². The Labute approximate surface area is 137 Å². The number of aryl methyl sites for hydroxylation is 1. The standard InChI is InChI=1S/C18H14N2O4/c1-11-6-7-14(20(23)24)10-16(11)19-18(22)15-8-12-4-2-3-5-13(12)9-17(15)21/h2-10,21H,1H3,(H,19,22). The van der Waals surface area contributed by atoms with Gasteiger partial charge in [-0.05, 0) is 35.4 Å². The van der Waals surface area contributed by atoms with Crippen LogP contribution < -0.4 is 5.32 Å². The average molecular weight is 322 g/mol. The predicted molar refractivity (Wildman–Crippen MR) is 91.4 cm³/mol. The Balaban J connectivity index is 1.97. The first-order valence-corrected chi connectivity index (χ1v) is 7.24. The summed E-state index contributed by atoms with van der Waals surface area (Å²) < 4.78 is 0. The van der Waals surface area contributed by atoms with Crippen molar-refractivity contribution >= 4 is 28.1 Å². The zero-order valence-corrected chi connectivity index (χ0v) is 12.8. The second kappa shape index (κ2) is 6.00. The Morgan fingerprint density at radius 3 is 2.42 bits per heavy atom. The molecule has 6 nitrogen and oxygen atoms in total. The number of non-ortho nitro benzene ring substituents is 1. The van der Waals surface area contributed by atoms with Gasteiger partial charge in [-0.2, -0.15) is 0 Å². The van der Waals surface area contributed by atoms with Gasteiger partial charge in [0, 0.05) is 12.1 Å². The zero-order chi connectivity index (χ0) is 17.3. The SMILES string of the molecule is Cc1ccc([N+](=O)[O-])cc1NC(=O)c1cc2ccccc2cc1O. The van der Waals surface area contributed by atoms with Crippen LogP contribution in [0.5, 0.6) is 5.75 Å². The Hall–Kier alpha value is -3.41. The Kier molecular flexibility index (Phi) is 3.87. The van der Waals surface area contributed by atoms with Gasteiger partial charge in [0.05, 0.1) is 16.2 Å². The molecule has 3 aromatic rings. The van der Waals surface area contributed by atoms with E-state index in [1.807, 2.05) is 24.3 Å². The summed E-state index contributed by atoms with van der Waals surface area (Å²) in [6.07, 6.45) is 0. The number of nitro groups is 1. The lowest BCUT2D eigenvalue weighted by atomic mass is 10.0. The molecule has 0 aliphatic rings. The molecule has 0 aliphatic heterocycles. The molecule has 0 fully saturated rings. The number of hydrogen-bond acceptors (Lipinski definition) is 4. The van der Waals surface area contributed by atoms with E-state index in [4.69, 9.17) is 0 Å². The van der Waals surface area contributed by atoms with E-state index in [1.165, 1.54) is 18.2 Å². The topological polar surface area (TPSA) is 92.5 Å². The quantitative estimate of drug-likeness (QED) is 0.563. The lowest BCUT2D eigenvalue weighted by Gasteiger charge is -2.10. The number of aromatic hydroxyl groups is 1. The molecule has 3 aromatic carbocycles. The van der Waals surface area contributed by atoms with Gasteiger partial charge in [0.2, 0.25) is 0 Å². The molecular weight excluding hydrogens is 308 g/mol. The highest BCUT2D eigenvalue weighted by molar-refractivity contribution is 6.09. The maximum atomic E-state index is 12.5. The van der Waals surface area contributed by atoms with Crippen molar-refractivity contribution in [3.63, 3.8) is 0 Å². The van der Waals surface area contributed by atoms with Crippen LogP contribution in [-0.4, -0.2) is 15.9 Å². The van der Waals surface area contributed by atoms with E-state index in [1.54, 1.807) is 19.1 Å². The third-order valence-corrected chi connectivity index (χ3v) is 3.79. The molecule has 120 valence electrons. The van der Waals surface area contributed by atoms with Gasteiger partial charge in [-0.15, -0.1) is 0 Å². The number of carbonyl (C=O) groups is 1. The number of nitro benzene ring substituents is 1. The molecule has 0 radical (unpaired) electrons. The molecule has 0 spiro atoms. The lowest BCUT2D eigenvalue weighted by Crippen LogP contribution is -2.13. The van der Waals surface area contributed by atoms with Gasteiger partial charge in [-0.25, -0.2) is 0 Å². The van der Waals surface area contributed by atoms with Crippen LogP contribution in [0.2, 0.25) is 0 Å². The van der Waals surface area contributed by atoms with Crippen molar-refractivity contribution in [1.82, 2.24) is 0 Å². The fourth-order valence-electron chi connectivity index (χ4n) is 2.46. The van der Waals surface area contributed by atoms with Crippen molar-refractivity contribution in [2.24, 2.45) is 0 Å². The zero-order valence-electron chi connectivity index (χ0n) is 12.8. The first kappa shape index (κ1) is 15.5. The molecule has 0 aliphatic carbocycles. The van der Waals surface area contributed by atoms with Crippen molar-refractivity contribution in [3.8, 4) is 5.75 Å². The number of anilines is 1. The van der Waals surface area contributed by atoms with Crippen LogP contribution in [-0.2, 0) is 0 Å². The predicted octanol–water partition coefficient (Wildman–Crippen LogP) is 4.01. The molecule has 0 unspecified atom stereocenters. The minimum atomic E-state index is -0.526. The largest absolute Gasteiger partial charge is 0.507 e. The molecule has 0 saturated carbocycles. The second-order valence-electron chi connectivity index (χ2n) is 5.43. The van der Waals surface area contributed by atoms with Crippen LogP contribution in [0.25, 0.3) is 10.8 Å². The van der Waals surface area contributed by atoms with E-state index in [-0.39, 0.29) is 17.0 Å². The maximum Gasteiger partial charge on any atom is 0.271 e. The molecule has 0 heterocycles. The molecule has 2 N–H and O–H groups in total. The number of nitrogens with one attached hydrogen (secondary N) is 1. The molecular formula is C18H14N2O4. The number of hydrogen-bond donors (Lipinski definition) is 2. The number of carbonyl (C=O) groups excluding carboxylic acids is 1. The van der Waals surface area contributed by atoms with E-state index in [0.717, 1.165) is 10.8 Å². The van der Waals surface area contributed by atoms with E-state index in [9.17, 15) is 20.0 Å². The van der Waals surface area contributed by atoms with Crippen LogP contribution in [0.3, 0.4) is 0 Å². The number of nitrogens with zero attached hydrogens (tertiary/aromatic N) is 1. The van der Waals surface area contributed by atoms with Gasteiger partial charge in [0.25, 0.3) is 11.6 Å². The Morgan fingerprint density at radius 1 is 1.08 bits per heavy atom. The molecule has 0 aromatic heterocycles. The van der Waals surface area contributed by atoms with Crippen molar-refractivity contribution in [1.29, 1.82) is 0 Å². The lowest BCUT2D eigenvalue weighted by molar-refractivity contribution is -0.384. The summed E-state index contributed by atoms with van der Waals surface area (Å²) >= 11 is 0. The van der Waals surface area contributed by atoms with Gasteiger partial charge in [0.15, 0.2) is 0 Å². The van der Waals surface area contributed by atoms with Crippen LogP contribution in [0, 0.1) is 17.0 Å². The molecule has 1 amide bonds. The van der Waals surface area contributed by atoms with Crippen molar-refractivity contribution in [2.75, 3.05) is 5.32 Å². The normalized spacial score (nSPS) is 10.5. The van der Waals surface area contributed by atoms with Gasteiger partial charge >= 0.3 is 0 Å². The monoisotopic (exact) mass is 322 g/mol. The number of fused-ring (bicyclic) bond motifs is 1. The van der Waals surface area contributed by atoms with Gasteiger partial charge < -0.3 is 10.4 Å². The highest BCUT2D eigenvalue weighted by Gasteiger charge is 2.15. The van der Waals surface area contributed by atoms with Gasteiger partial charge in [-0.3, -0.25) is 14.9 Å². The second-order valence-corrected chi connectivity index (χ2v) is 5.43. The molecule has 24 heavy (non-hydrogen) atoms. The summed E-state index contributed by atoms with van der Waals surface area (Å²) in [7, 11) is 0. The average Bonchev–Trinajstić information content (AvgIpc) is 2.55. The molecule has 0 saturated heterocycles. The number of phenolic OH excluding ortho intramolecular Hbond substituents is 1. The van der Waals surface area contributed by atoms with E-state index in [2.05, 4.69) is 5.32 Å². The van der Waals surface area contributed by atoms with E-state index < -0.39 is 10.8 Å². The summed E-state index contributed by atoms with van der Waals surface area (Å²) in [5.74, 6) is -0.670. The summed E-state index contributed by atoms with van der Waals surface area (Å²) in [5.41, 5.74) is 1.02. The van der Waals surface area contributed by atoms with Crippen molar-refractivity contribution in [2.45, 2.75) is 6.92 Å². The van der Waals surface area contributed by atoms with Crippen molar-refractivity contribution < 1.29 is 14.8 Å². The van der Waals surface area contributed by atoms with Crippen LogP contribution in [0.1, 0.15) is 15.9 Å². The smallest absolute Gasteiger partial charge is 0.271 e. The summed E-state index contributed by atoms with van der Waals surface area (Å²) in [4.78, 5) is 22.8. The minimum Gasteiger partial charge on any atom is -0.507 e. The van der Waals surface area contributed by atoms with Gasteiger partial charge in [-0.1, -0.05) is 30.3 Å². The number of phenols is 1. The first-order chi connectivity index (χ1) is 11.5. The molecule has 0 atom stereocenters. The molecule has 0 bridgehead atoms.